The average Bonchev–Trinajstić information content (AvgIpc) is 3.26. The summed E-state index contributed by atoms with van der Waals surface area (Å²) < 4.78 is 3.44. The van der Waals surface area contributed by atoms with Crippen molar-refractivity contribution in [2.75, 3.05) is 0 Å². The molecule has 2 unspecified atom stereocenters. The fraction of sp³-hybridized carbons (Fsp3) is 0.143. The summed E-state index contributed by atoms with van der Waals surface area (Å²) in [5, 5.41) is 0. The fourth-order valence-electron chi connectivity index (χ4n) is 5.72. The summed E-state index contributed by atoms with van der Waals surface area (Å²) in [5.41, 5.74) is 12.5. The van der Waals surface area contributed by atoms with E-state index in [9.17, 15) is 0 Å². The van der Waals surface area contributed by atoms with Crippen molar-refractivity contribution >= 4 is 6.56 Å². The Morgan fingerprint density at radius 2 is 1.45 bits per heavy atom. The van der Waals surface area contributed by atoms with Crippen LogP contribution < -0.4 is 24.8 Å². The van der Waals surface area contributed by atoms with Gasteiger partial charge in [-0.2, -0.15) is 0 Å². The zero-order chi connectivity index (χ0) is 18.9. The molecule has 0 aromatic heterocycles. The summed E-state index contributed by atoms with van der Waals surface area (Å²) in [6, 6.07) is 14.4. The molecule has 1 aliphatic heterocycles. The van der Waals surface area contributed by atoms with Crippen LogP contribution in [0.15, 0.2) is 96.2 Å². The molecule has 7 rings (SSSR count). The topological polar surface area (TPSA) is 0 Å². The average molecular weight is 519 g/mol. The first-order valence-corrected chi connectivity index (χ1v) is 13.0. The van der Waals surface area contributed by atoms with Crippen LogP contribution >= 0.6 is 0 Å². The molecule has 1 heterocycles. The van der Waals surface area contributed by atoms with E-state index in [-0.39, 0.29) is 24.8 Å². The Morgan fingerprint density at radius 1 is 0.710 bits per heavy atom. The van der Waals surface area contributed by atoms with Crippen LogP contribution in [-0.2, 0) is 36.1 Å². The van der Waals surface area contributed by atoms with Gasteiger partial charge in [-0.05, 0) is 0 Å². The summed E-state index contributed by atoms with van der Waals surface area (Å²) in [7, 11) is 0. The Morgan fingerprint density at radius 3 is 2.26 bits per heavy atom. The van der Waals surface area contributed by atoms with E-state index in [2.05, 4.69) is 85.0 Å². The molecule has 2 aromatic carbocycles. The van der Waals surface area contributed by atoms with Gasteiger partial charge in [0.1, 0.15) is 0 Å². The van der Waals surface area contributed by atoms with Gasteiger partial charge in [-0.3, -0.25) is 0 Å². The molecule has 0 fully saturated rings. The molecule has 2 atom stereocenters. The molecule has 0 amide bonds. The molecule has 2 aromatic rings. The minimum absolute atomic E-state index is 0. The molecule has 0 radical (unpaired) electrons. The molecule has 3 heteroatoms. The zero-order valence-electron chi connectivity index (χ0n) is 16.9. The summed E-state index contributed by atoms with van der Waals surface area (Å²) in [4.78, 5) is 0. The molecular weight excluding hydrogens is 498 g/mol. The molecule has 0 nitrogen and oxygen atoms in total. The second-order valence-corrected chi connectivity index (χ2v) is 11.6. The quantitative estimate of drug-likeness (QED) is 0.475. The maximum Gasteiger partial charge on any atom is -1.00 e. The smallest absolute Gasteiger partial charge is 1.00 e. The molecule has 5 aliphatic rings. The Kier molecular flexibility index (Phi) is 5.50. The normalized spacial score (nSPS) is 22.6. The number of halogens is 2. The van der Waals surface area contributed by atoms with E-state index in [1.54, 1.807) is 40.0 Å². The number of benzene rings is 2. The maximum atomic E-state index is 2.53. The van der Waals surface area contributed by atoms with Crippen LogP contribution in [0.4, 0.5) is 0 Å². The second kappa shape index (κ2) is 8.04. The Hall–Kier alpha value is -1.66. The number of rotatable bonds is 0. The van der Waals surface area contributed by atoms with Gasteiger partial charge in [0.15, 0.2) is 0 Å². The van der Waals surface area contributed by atoms with E-state index in [4.69, 9.17) is 0 Å². The molecule has 2 bridgehead atoms. The van der Waals surface area contributed by atoms with Crippen molar-refractivity contribution in [1.29, 1.82) is 0 Å². The van der Waals surface area contributed by atoms with Crippen LogP contribution in [-0.4, -0.2) is 0 Å². The molecule has 31 heavy (non-hydrogen) atoms. The van der Waals surface area contributed by atoms with Crippen molar-refractivity contribution in [3.8, 4) is 0 Å². The summed E-state index contributed by atoms with van der Waals surface area (Å²) >= 11 is -0.965. The molecule has 4 aliphatic carbocycles. The molecule has 0 spiro atoms. The predicted octanol–water partition coefficient (Wildman–Crippen LogP) is 0.445. The number of hydrogen-bond acceptors (Lipinski definition) is 0. The zero-order valence-corrected chi connectivity index (χ0v) is 20.9. The summed E-state index contributed by atoms with van der Waals surface area (Å²) in [6.07, 6.45) is 20.8. The molecule has 0 N–H and O–H groups in total. The van der Waals surface area contributed by atoms with Gasteiger partial charge in [0.2, 0.25) is 0 Å². The third-order valence-electron chi connectivity index (χ3n) is 7.05. The van der Waals surface area contributed by atoms with Gasteiger partial charge < -0.3 is 24.8 Å². The second-order valence-electron chi connectivity index (χ2n) is 8.53. The SMILES string of the molecule is C1=CC2=[C]3[Zr+2][C]4=C5C=CC=CC5c5cccc(c54)CCc4ccc(c3c4)C2C=C1.[Cl-].[Cl-]. The first kappa shape index (κ1) is 21.2. The third kappa shape index (κ3) is 3.05. The van der Waals surface area contributed by atoms with Gasteiger partial charge in [0.05, 0.1) is 0 Å². The largest absolute Gasteiger partial charge is 1.00 e. The van der Waals surface area contributed by atoms with Crippen LogP contribution in [0.5, 0.6) is 0 Å². The van der Waals surface area contributed by atoms with Crippen molar-refractivity contribution in [1.82, 2.24) is 0 Å². The Bertz CT molecular complexity index is 1290. The summed E-state index contributed by atoms with van der Waals surface area (Å²) in [5.74, 6) is 0.943. The van der Waals surface area contributed by atoms with Gasteiger partial charge in [0.25, 0.3) is 0 Å². The minimum atomic E-state index is -0.965. The maximum absolute atomic E-state index is 2.53. The first-order chi connectivity index (χ1) is 14.4. The fourth-order valence-corrected chi connectivity index (χ4v) is 10.1. The van der Waals surface area contributed by atoms with Crippen LogP contribution in [0.1, 0.15) is 45.2 Å². The van der Waals surface area contributed by atoms with Crippen molar-refractivity contribution in [2.45, 2.75) is 24.7 Å². The van der Waals surface area contributed by atoms with Gasteiger partial charge >= 0.3 is 184 Å². The molecule has 0 saturated heterocycles. The van der Waals surface area contributed by atoms with Crippen LogP contribution in [0.25, 0.3) is 6.56 Å². The van der Waals surface area contributed by atoms with Crippen LogP contribution in [0, 0.1) is 0 Å². The Labute approximate surface area is 207 Å². The third-order valence-corrected chi connectivity index (χ3v) is 11.0. The monoisotopic (exact) mass is 516 g/mol. The van der Waals surface area contributed by atoms with Gasteiger partial charge in [-0.15, -0.1) is 0 Å². The standard InChI is InChI=1S/C28H20.2ClH.Zr/c1-3-9-24-21(6-1)17-23-16-19(13-15-26(23)24)12-14-20-8-5-11-27-25-10-4-2-7-22(25)18-28(20)27;;;/h1-11,13,15-16,24-25H,12,14H2;2*1H;/q;;;+2/p-2. The minimum Gasteiger partial charge on any atom is -1.00 e. The van der Waals surface area contributed by atoms with E-state index in [1.165, 1.54) is 11.1 Å². The van der Waals surface area contributed by atoms with E-state index < -0.39 is 23.2 Å². The van der Waals surface area contributed by atoms with Crippen LogP contribution in [0.3, 0.4) is 0 Å². The van der Waals surface area contributed by atoms with Crippen molar-refractivity contribution < 1.29 is 48.0 Å². The predicted molar refractivity (Wildman–Crippen MR) is 116 cm³/mol. The number of fused-ring (bicyclic) bond motifs is 5. The molecule has 150 valence electrons. The van der Waals surface area contributed by atoms with Crippen molar-refractivity contribution in [3.63, 3.8) is 0 Å². The van der Waals surface area contributed by atoms with Crippen LogP contribution in [0.2, 0.25) is 0 Å². The first-order valence-electron chi connectivity index (χ1n) is 10.6. The number of allylic oxidation sites excluding steroid dienone is 10. The van der Waals surface area contributed by atoms with E-state index in [1.807, 2.05) is 0 Å². The Balaban J connectivity index is 0.00000102. The van der Waals surface area contributed by atoms with Gasteiger partial charge in [-0.25, -0.2) is 0 Å². The van der Waals surface area contributed by atoms with E-state index in [0.717, 1.165) is 12.8 Å². The van der Waals surface area contributed by atoms with Gasteiger partial charge in [0, 0.05) is 0 Å². The van der Waals surface area contributed by atoms with Gasteiger partial charge in [-0.1, -0.05) is 0 Å². The van der Waals surface area contributed by atoms with Crippen molar-refractivity contribution in [3.05, 3.63) is 130 Å². The molecule has 0 saturated carbocycles. The number of hydrogen-bond donors (Lipinski definition) is 0. The van der Waals surface area contributed by atoms with E-state index in [0.29, 0.717) is 11.8 Å². The molecular formula is C28H20Cl2Zr. The van der Waals surface area contributed by atoms with Crippen molar-refractivity contribution in [2.24, 2.45) is 0 Å². The number of aryl methyl sites for hydroxylation is 2. The summed E-state index contributed by atoms with van der Waals surface area (Å²) in [6.45, 7) is 0. The van der Waals surface area contributed by atoms with E-state index >= 15 is 0 Å².